The van der Waals surface area contributed by atoms with Crippen molar-refractivity contribution in [1.29, 1.82) is 0 Å². The molecule has 4 rings (SSSR count). The first kappa shape index (κ1) is 14.2. The van der Waals surface area contributed by atoms with Crippen LogP contribution in [0.2, 0.25) is 0 Å². The van der Waals surface area contributed by atoms with Gasteiger partial charge in [-0.2, -0.15) is 0 Å². The van der Waals surface area contributed by atoms with Crippen molar-refractivity contribution in [2.24, 2.45) is 0 Å². The molecule has 0 aliphatic carbocycles. The van der Waals surface area contributed by atoms with Crippen molar-refractivity contribution in [1.82, 2.24) is 15.0 Å². The molecule has 0 radical (unpaired) electrons. The van der Waals surface area contributed by atoms with Gasteiger partial charge >= 0.3 is 0 Å². The van der Waals surface area contributed by atoms with Gasteiger partial charge in [-0.05, 0) is 29.7 Å². The second kappa shape index (κ2) is 5.05. The highest BCUT2D eigenvalue weighted by atomic mass is 19.1. The van der Waals surface area contributed by atoms with Gasteiger partial charge < -0.3 is 9.88 Å². The van der Waals surface area contributed by atoms with Crippen molar-refractivity contribution in [3.8, 4) is 0 Å². The average molecular weight is 310 g/mol. The summed E-state index contributed by atoms with van der Waals surface area (Å²) in [5, 5.41) is 1.12. The Bertz CT molecular complexity index is 847. The molecular formula is C18H19FN4. The number of aryl methyl sites for hydroxylation is 1. The molecule has 1 aromatic carbocycles. The van der Waals surface area contributed by atoms with Gasteiger partial charge in [0.05, 0.1) is 5.39 Å². The molecule has 23 heavy (non-hydrogen) atoms. The molecule has 4 nitrogen and oxygen atoms in total. The number of hydrogen-bond acceptors (Lipinski definition) is 3. The molecule has 1 aliphatic heterocycles. The Morgan fingerprint density at radius 1 is 1.22 bits per heavy atom. The number of H-pyrrole nitrogens is 1. The summed E-state index contributed by atoms with van der Waals surface area (Å²) in [6.07, 6.45) is 4.58. The molecule has 3 heterocycles. The molecule has 5 heteroatoms. The largest absolute Gasteiger partial charge is 0.354 e. The second-order valence-electron chi connectivity index (χ2n) is 6.51. The van der Waals surface area contributed by atoms with Crippen LogP contribution in [0.15, 0.2) is 36.8 Å². The first-order valence-corrected chi connectivity index (χ1v) is 7.93. The summed E-state index contributed by atoms with van der Waals surface area (Å²) in [5.74, 6) is 0.804. The zero-order valence-electron chi connectivity index (χ0n) is 13.3. The third kappa shape index (κ3) is 2.19. The molecule has 0 saturated carbocycles. The second-order valence-corrected chi connectivity index (χ2v) is 6.51. The minimum Gasteiger partial charge on any atom is -0.354 e. The normalized spacial score (nSPS) is 16.6. The van der Waals surface area contributed by atoms with Gasteiger partial charge in [-0.25, -0.2) is 14.4 Å². The van der Waals surface area contributed by atoms with E-state index >= 15 is 0 Å². The van der Waals surface area contributed by atoms with Gasteiger partial charge in [-0.15, -0.1) is 0 Å². The summed E-state index contributed by atoms with van der Waals surface area (Å²) in [5.41, 5.74) is 3.34. The number of nitrogens with one attached hydrogen (secondary N) is 1. The van der Waals surface area contributed by atoms with E-state index in [2.05, 4.69) is 33.7 Å². The van der Waals surface area contributed by atoms with Gasteiger partial charge in [-0.1, -0.05) is 26.0 Å². The minimum absolute atomic E-state index is 0.0354. The van der Waals surface area contributed by atoms with Crippen molar-refractivity contribution in [3.05, 3.63) is 53.7 Å². The van der Waals surface area contributed by atoms with E-state index < -0.39 is 0 Å². The summed E-state index contributed by atoms with van der Waals surface area (Å²) in [6.45, 7) is 6.10. The SMILES string of the molecule is CCc1c[nH]c2ncnc(N3CC(C)(c4ccc(F)cc4)C3)c12. The molecule has 0 amide bonds. The van der Waals surface area contributed by atoms with Crippen LogP contribution in [0.25, 0.3) is 11.0 Å². The maximum atomic E-state index is 13.1. The van der Waals surface area contributed by atoms with E-state index in [4.69, 9.17) is 0 Å². The highest BCUT2D eigenvalue weighted by Gasteiger charge is 2.41. The number of halogens is 1. The number of aromatic nitrogens is 3. The van der Waals surface area contributed by atoms with Crippen LogP contribution in [0.5, 0.6) is 0 Å². The van der Waals surface area contributed by atoms with Gasteiger partial charge in [0.1, 0.15) is 23.6 Å². The van der Waals surface area contributed by atoms with E-state index in [1.54, 1.807) is 6.33 Å². The summed E-state index contributed by atoms with van der Waals surface area (Å²) >= 11 is 0. The number of aromatic amines is 1. The Hall–Kier alpha value is -2.43. The van der Waals surface area contributed by atoms with E-state index in [-0.39, 0.29) is 11.2 Å². The lowest BCUT2D eigenvalue weighted by Crippen LogP contribution is -2.58. The van der Waals surface area contributed by atoms with Crippen LogP contribution < -0.4 is 4.90 Å². The highest BCUT2D eigenvalue weighted by molar-refractivity contribution is 5.91. The molecule has 0 unspecified atom stereocenters. The van der Waals surface area contributed by atoms with E-state index in [0.717, 1.165) is 36.4 Å². The summed E-state index contributed by atoms with van der Waals surface area (Å²) < 4.78 is 13.1. The van der Waals surface area contributed by atoms with Crippen LogP contribution in [0.3, 0.4) is 0 Å². The quantitative estimate of drug-likeness (QED) is 0.806. The number of anilines is 1. The Balaban J connectivity index is 1.65. The van der Waals surface area contributed by atoms with Gasteiger partial charge in [-0.3, -0.25) is 0 Å². The first-order chi connectivity index (χ1) is 11.1. The van der Waals surface area contributed by atoms with E-state index in [9.17, 15) is 4.39 Å². The third-order valence-corrected chi connectivity index (χ3v) is 4.83. The smallest absolute Gasteiger partial charge is 0.143 e. The number of benzene rings is 1. The molecule has 2 aromatic heterocycles. The van der Waals surface area contributed by atoms with Crippen molar-refractivity contribution in [3.63, 3.8) is 0 Å². The Labute approximate surface area is 134 Å². The van der Waals surface area contributed by atoms with Crippen molar-refractivity contribution in [2.75, 3.05) is 18.0 Å². The fraction of sp³-hybridized carbons (Fsp3) is 0.333. The summed E-state index contributed by atoms with van der Waals surface area (Å²) in [7, 11) is 0. The maximum absolute atomic E-state index is 13.1. The molecule has 0 bridgehead atoms. The van der Waals surface area contributed by atoms with Crippen LogP contribution in [0.4, 0.5) is 10.2 Å². The Morgan fingerprint density at radius 2 is 1.96 bits per heavy atom. The van der Waals surface area contributed by atoms with Gasteiger partial charge in [0.2, 0.25) is 0 Å². The van der Waals surface area contributed by atoms with Gasteiger partial charge in [0.15, 0.2) is 0 Å². The van der Waals surface area contributed by atoms with Crippen molar-refractivity contribution in [2.45, 2.75) is 25.7 Å². The van der Waals surface area contributed by atoms with Crippen LogP contribution in [-0.2, 0) is 11.8 Å². The zero-order chi connectivity index (χ0) is 16.0. The maximum Gasteiger partial charge on any atom is 0.143 e. The van der Waals surface area contributed by atoms with E-state index in [1.165, 1.54) is 23.3 Å². The van der Waals surface area contributed by atoms with Crippen LogP contribution in [0, 0.1) is 5.82 Å². The number of nitrogens with zero attached hydrogens (tertiary/aromatic N) is 3. The van der Waals surface area contributed by atoms with Crippen molar-refractivity contribution >= 4 is 16.9 Å². The molecule has 1 N–H and O–H groups in total. The van der Waals surface area contributed by atoms with E-state index in [1.807, 2.05) is 18.3 Å². The number of hydrogen-bond donors (Lipinski definition) is 1. The molecular weight excluding hydrogens is 291 g/mol. The zero-order valence-corrected chi connectivity index (χ0v) is 13.3. The third-order valence-electron chi connectivity index (χ3n) is 4.83. The van der Waals surface area contributed by atoms with Crippen LogP contribution in [-0.4, -0.2) is 28.0 Å². The fourth-order valence-electron chi connectivity index (χ4n) is 3.51. The molecule has 0 atom stereocenters. The van der Waals surface area contributed by atoms with Crippen LogP contribution >= 0.6 is 0 Å². The molecule has 1 aliphatic rings. The summed E-state index contributed by atoms with van der Waals surface area (Å²) in [4.78, 5) is 14.3. The molecule has 3 aromatic rings. The predicted molar refractivity (Wildman–Crippen MR) is 89.2 cm³/mol. The number of rotatable bonds is 3. The lowest BCUT2D eigenvalue weighted by molar-refractivity contribution is 0.361. The average Bonchev–Trinajstić information content (AvgIpc) is 2.96. The predicted octanol–water partition coefficient (Wildman–Crippen LogP) is 3.44. The van der Waals surface area contributed by atoms with E-state index in [0.29, 0.717) is 0 Å². The lowest BCUT2D eigenvalue weighted by atomic mass is 9.75. The minimum atomic E-state index is -0.189. The standard InChI is InChI=1S/C18H19FN4/c1-3-12-8-20-16-15(12)17(22-11-21-16)23-9-18(2,10-23)13-4-6-14(19)7-5-13/h4-8,11H,3,9-10H2,1-2H3,(H,20,21,22). The first-order valence-electron chi connectivity index (χ1n) is 7.93. The van der Waals surface area contributed by atoms with Crippen molar-refractivity contribution < 1.29 is 4.39 Å². The Morgan fingerprint density at radius 3 is 2.65 bits per heavy atom. The fourth-order valence-corrected chi connectivity index (χ4v) is 3.51. The van der Waals surface area contributed by atoms with Crippen LogP contribution in [0.1, 0.15) is 25.0 Å². The molecule has 118 valence electrons. The molecule has 1 saturated heterocycles. The monoisotopic (exact) mass is 310 g/mol. The van der Waals surface area contributed by atoms with Gasteiger partial charge in [0.25, 0.3) is 0 Å². The highest BCUT2D eigenvalue weighted by Crippen LogP contribution is 2.39. The van der Waals surface area contributed by atoms with Gasteiger partial charge in [0, 0.05) is 24.7 Å². The molecule has 1 fully saturated rings. The topological polar surface area (TPSA) is 44.8 Å². The Kier molecular flexibility index (Phi) is 3.11. The lowest BCUT2D eigenvalue weighted by Gasteiger charge is -2.49. The molecule has 0 spiro atoms. The summed E-state index contributed by atoms with van der Waals surface area (Å²) in [6, 6.07) is 6.84. The number of fused-ring (bicyclic) bond motifs is 1.